The van der Waals surface area contributed by atoms with E-state index in [-0.39, 0.29) is 5.56 Å². The highest BCUT2D eigenvalue weighted by Crippen LogP contribution is 2.21. The maximum Gasteiger partial charge on any atom is 0.254 e. The minimum atomic E-state index is -0.0386. The number of rotatable bonds is 8. The molecule has 0 bridgehead atoms. The van der Waals surface area contributed by atoms with Crippen LogP contribution in [-0.2, 0) is 6.42 Å². The lowest BCUT2D eigenvalue weighted by atomic mass is 10.0. The number of allylic oxidation sites excluding steroid dienone is 5. The van der Waals surface area contributed by atoms with Crippen molar-refractivity contribution in [3.05, 3.63) is 52.2 Å². The van der Waals surface area contributed by atoms with Crippen molar-refractivity contribution in [2.24, 2.45) is 5.73 Å². The smallest absolute Gasteiger partial charge is 0.254 e. The summed E-state index contributed by atoms with van der Waals surface area (Å²) in [6.07, 6.45) is 10.5. The molecule has 4 nitrogen and oxygen atoms in total. The van der Waals surface area contributed by atoms with E-state index in [0.717, 1.165) is 54.5 Å². The van der Waals surface area contributed by atoms with Gasteiger partial charge in [0.25, 0.3) is 5.56 Å². The minimum Gasteiger partial charge on any atom is -0.333 e. The van der Waals surface area contributed by atoms with Crippen LogP contribution in [0.15, 0.2) is 29.6 Å². The molecule has 3 N–H and O–H groups in total. The molecule has 0 fully saturated rings. The number of nitrogens with two attached hydrogens (primary N) is 1. The lowest BCUT2D eigenvalue weighted by molar-refractivity contribution is 0.863. The Labute approximate surface area is 146 Å². The number of H-pyrrole nitrogens is 1. The number of hydrogen-bond donors (Lipinski definition) is 2. The van der Waals surface area contributed by atoms with Crippen molar-refractivity contribution in [2.75, 3.05) is 7.05 Å². The predicted octanol–water partition coefficient (Wildman–Crippen LogP) is 4.48. The first-order chi connectivity index (χ1) is 11.6. The van der Waals surface area contributed by atoms with Gasteiger partial charge in [0.05, 0.1) is 5.69 Å². The number of aromatic amines is 1. The number of nitrogens with one attached hydrogen (secondary N) is 1. The Bertz CT molecular complexity index is 624. The highest BCUT2D eigenvalue weighted by atomic mass is 16.1. The molecule has 0 saturated carbocycles. The molecule has 0 aliphatic heterocycles. The van der Waals surface area contributed by atoms with Crippen molar-refractivity contribution >= 4 is 11.1 Å². The van der Waals surface area contributed by atoms with Gasteiger partial charge in [0.2, 0.25) is 0 Å². The number of nitrogens with zero attached hydrogens (tertiary/aromatic N) is 1. The van der Waals surface area contributed by atoms with E-state index in [1.54, 1.807) is 0 Å². The monoisotopic (exact) mass is 331 g/mol. The van der Waals surface area contributed by atoms with Crippen molar-refractivity contribution < 1.29 is 0 Å². The fraction of sp³-hybridized carbons (Fsp3) is 0.500. The zero-order valence-electron chi connectivity index (χ0n) is 15.9. The molecule has 24 heavy (non-hydrogen) atoms. The van der Waals surface area contributed by atoms with Crippen LogP contribution in [0.1, 0.15) is 70.5 Å². The first-order valence-corrected chi connectivity index (χ1v) is 8.81. The maximum absolute atomic E-state index is 12.5. The van der Waals surface area contributed by atoms with Crippen LogP contribution in [0.5, 0.6) is 0 Å². The van der Waals surface area contributed by atoms with Crippen molar-refractivity contribution in [3.63, 3.8) is 0 Å². The van der Waals surface area contributed by atoms with Gasteiger partial charge >= 0.3 is 0 Å². The van der Waals surface area contributed by atoms with E-state index >= 15 is 0 Å². The highest BCUT2D eigenvalue weighted by Gasteiger charge is 2.14. The van der Waals surface area contributed by atoms with Crippen molar-refractivity contribution in [1.82, 2.24) is 9.97 Å². The Morgan fingerprint density at radius 1 is 1.25 bits per heavy atom. The van der Waals surface area contributed by atoms with E-state index in [1.807, 2.05) is 19.1 Å². The quantitative estimate of drug-likeness (QED) is 0.690. The van der Waals surface area contributed by atoms with Crippen molar-refractivity contribution in [3.8, 4) is 0 Å². The third kappa shape index (κ3) is 6.28. The molecule has 0 saturated heterocycles. The number of hydrogen-bond acceptors (Lipinski definition) is 3. The summed E-state index contributed by atoms with van der Waals surface area (Å²) in [6, 6.07) is 0. The molecule has 0 aliphatic carbocycles. The summed E-state index contributed by atoms with van der Waals surface area (Å²) < 4.78 is 0. The molecule has 0 amide bonds. The maximum atomic E-state index is 12.5. The van der Waals surface area contributed by atoms with E-state index in [0.29, 0.717) is 5.82 Å². The summed E-state index contributed by atoms with van der Waals surface area (Å²) in [5, 5.41) is 0. The van der Waals surface area contributed by atoms with E-state index < -0.39 is 0 Å². The Balaban J connectivity index is 0.00000254. The summed E-state index contributed by atoms with van der Waals surface area (Å²) in [4.78, 5) is 20.1. The minimum absolute atomic E-state index is 0.0386. The lowest BCUT2D eigenvalue weighted by Crippen LogP contribution is -2.19. The van der Waals surface area contributed by atoms with Crippen LogP contribution in [0.25, 0.3) is 11.1 Å². The standard InChI is InChI=1S/C19H28N2O.CH5N/c1-6-10-13-15(9-4)18-20-17(14(5)11-7-2)16(12-8-3)19(22)21-18;1-2/h9-10,13H,5-8,11-12H2,1-4H3,(H,20,21,22);2H2,1H3/b13-10-,15-9+;. The van der Waals surface area contributed by atoms with Gasteiger partial charge in [-0.05, 0) is 38.8 Å². The summed E-state index contributed by atoms with van der Waals surface area (Å²) in [6.45, 7) is 12.4. The predicted molar refractivity (Wildman–Crippen MR) is 106 cm³/mol. The summed E-state index contributed by atoms with van der Waals surface area (Å²) >= 11 is 0. The Hall–Kier alpha value is -1.94. The van der Waals surface area contributed by atoms with Crippen molar-refractivity contribution in [2.45, 2.75) is 59.8 Å². The normalized spacial score (nSPS) is 11.3. The molecule has 1 aromatic rings. The number of aromatic nitrogens is 2. The zero-order valence-corrected chi connectivity index (χ0v) is 15.9. The first-order valence-electron chi connectivity index (χ1n) is 8.81. The van der Waals surface area contributed by atoms with Crippen LogP contribution in [0.3, 0.4) is 0 Å². The molecule has 0 unspecified atom stereocenters. The average molecular weight is 332 g/mol. The summed E-state index contributed by atoms with van der Waals surface area (Å²) in [5.41, 5.74) is 7.90. The molecule has 0 radical (unpaired) electrons. The van der Waals surface area contributed by atoms with Gasteiger partial charge in [0.1, 0.15) is 5.82 Å². The van der Waals surface area contributed by atoms with E-state index in [9.17, 15) is 4.79 Å². The summed E-state index contributed by atoms with van der Waals surface area (Å²) in [5.74, 6) is 0.629. The Morgan fingerprint density at radius 3 is 2.42 bits per heavy atom. The van der Waals surface area contributed by atoms with Gasteiger partial charge in [-0.3, -0.25) is 4.79 Å². The van der Waals surface area contributed by atoms with Gasteiger partial charge in [-0.1, -0.05) is 58.4 Å². The molecule has 0 spiro atoms. The second kappa shape index (κ2) is 12.5. The topological polar surface area (TPSA) is 71.8 Å². The molecule has 0 atom stereocenters. The van der Waals surface area contributed by atoms with Gasteiger partial charge in [0.15, 0.2) is 0 Å². The fourth-order valence-corrected chi connectivity index (χ4v) is 2.39. The zero-order chi connectivity index (χ0) is 18.5. The molecule has 1 heterocycles. The second-order valence-electron chi connectivity index (χ2n) is 5.40. The third-order valence-electron chi connectivity index (χ3n) is 3.52. The molecule has 134 valence electrons. The molecular formula is C20H33N3O. The fourth-order valence-electron chi connectivity index (χ4n) is 2.39. The van der Waals surface area contributed by atoms with Crippen LogP contribution in [0.2, 0.25) is 0 Å². The lowest BCUT2D eigenvalue weighted by Gasteiger charge is -2.12. The van der Waals surface area contributed by atoms with Crippen LogP contribution in [0, 0.1) is 0 Å². The van der Waals surface area contributed by atoms with Crippen LogP contribution in [0.4, 0.5) is 0 Å². The van der Waals surface area contributed by atoms with E-state index in [2.05, 4.69) is 44.1 Å². The molecule has 0 aromatic carbocycles. The first kappa shape index (κ1) is 22.1. The van der Waals surface area contributed by atoms with Gasteiger partial charge in [-0.25, -0.2) is 4.98 Å². The highest BCUT2D eigenvalue weighted by molar-refractivity contribution is 5.71. The van der Waals surface area contributed by atoms with Gasteiger partial charge in [-0.2, -0.15) is 0 Å². The van der Waals surface area contributed by atoms with Crippen LogP contribution >= 0.6 is 0 Å². The van der Waals surface area contributed by atoms with Crippen LogP contribution < -0.4 is 11.3 Å². The SMILES string of the molecule is C=C(CCC)c1nc(C(/C=C\CC)=C/C)[nH]c(=O)c1CCC.CN. The second-order valence-corrected chi connectivity index (χ2v) is 5.40. The van der Waals surface area contributed by atoms with Gasteiger partial charge in [-0.15, -0.1) is 0 Å². The molecule has 1 aromatic heterocycles. The average Bonchev–Trinajstić information content (AvgIpc) is 2.59. The molecule has 1 rings (SSSR count). The van der Waals surface area contributed by atoms with Gasteiger partial charge < -0.3 is 10.7 Å². The molecular weight excluding hydrogens is 298 g/mol. The molecule has 0 aliphatic rings. The third-order valence-corrected chi connectivity index (χ3v) is 3.52. The van der Waals surface area contributed by atoms with Crippen molar-refractivity contribution in [1.29, 1.82) is 0 Å². The largest absolute Gasteiger partial charge is 0.333 e. The molecule has 4 heteroatoms. The van der Waals surface area contributed by atoms with Crippen LogP contribution in [-0.4, -0.2) is 17.0 Å². The Morgan fingerprint density at radius 2 is 1.92 bits per heavy atom. The van der Waals surface area contributed by atoms with Gasteiger partial charge in [0, 0.05) is 11.1 Å². The summed E-state index contributed by atoms with van der Waals surface area (Å²) in [7, 11) is 1.50. The van der Waals surface area contributed by atoms with E-state index in [4.69, 9.17) is 4.98 Å². The van der Waals surface area contributed by atoms with E-state index in [1.165, 1.54) is 7.05 Å². The Kier molecular flexibility index (Phi) is 11.5.